The van der Waals surface area contributed by atoms with Crippen LogP contribution in [0.25, 0.3) is 5.65 Å². The fraction of sp³-hybridized carbons (Fsp3) is 0.263. The third-order valence-electron chi connectivity index (χ3n) is 4.31. The summed E-state index contributed by atoms with van der Waals surface area (Å²) < 4.78 is 79.6. The number of hydrogen-bond acceptors (Lipinski definition) is 2. The van der Waals surface area contributed by atoms with Crippen molar-refractivity contribution in [1.82, 2.24) is 9.38 Å². The maximum Gasteiger partial charge on any atom is 0.416 e. The van der Waals surface area contributed by atoms with Crippen molar-refractivity contribution in [1.29, 1.82) is 0 Å². The molecule has 1 amide bonds. The van der Waals surface area contributed by atoms with Crippen molar-refractivity contribution in [2.24, 2.45) is 0 Å². The van der Waals surface area contributed by atoms with Gasteiger partial charge in [-0.3, -0.25) is 9.20 Å². The number of aromatic nitrogens is 2. The molecule has 10 heteroatoms. The third kappa shape index (κ3) is 4.06. The number of nitrogens with one attached hydrogen (secondary N) is 1. The molecule has 0 fully saturated rings. The Balaban J connectivity index is 2.08. The Bertz CT molecular complexity index is 1050. The molecule has 2 aromatic heterocycles. The van der Waals surface area contributed by atoms with Crippen LogP contribution >= 0.6 is 0 Å². The van der Waals surface area contributed by atoms with E-state index in [2.05, 4.69) is 10.3 Å². The Hall–Kier alpha value is -3.04. The van der Waals surface area contributed by atoms with Crippen LogP contribution in [0.1, 0.15) is 39.8 Å². The van der Waals surface area contributed by atoms with Gasteiger partial charge in [0.05, 0.1) is 16.8 Å². The molecular weight excluding hydrogens is 400 g/mol. The van der Waals surface area contributed by atoms with Gasteiger partial charge in [0, 0.05) is 11.9 Å². The summed E-state index contributed by atoms with van der Waals surface area (Å²) in [5, 5.41) is 2.16. The lowest BCUT2D eigenvalue weighted by Crippen LogP contribution is -2.18. The van der Waals surface area contributed by atoms with Gasteiger partial charge in [-0.1, -0.05) is 13.0 Å². The van der Waals surface area contributed by atoms with Gasteiger partial charge in [0.2, 0.25) is 0 Å². The lowest BCUT2D eigenvalue weighted by molar-refractivity contribution is -0.143. The van der Waals surface area contributed by atoms with E-state index >= 15 is 0 Å². The molecule has 0 bridgehead atoms. The lowest BCUT2D eigenvalue weighted by atomic mass is 10.1. The largest absolute Gasteiger partial charge is 0.416 e. The first kappa shape index (κ1) is 20.7. The van der Waals surface area contributed by atoms with Gasteiger partial charge in [0.15, 0.2) is 0 Å². The van der Waals surface area contributed by atoms with Crippen LogP contribution in [-0.2, 0) is 18.8 Å². The minimum absolute atomic E-state index is 0.00467. The summed E-state index contributed by atoms with van der Waals surface area (Å²) in [4.78, 5) is 17.1. The number of anilines is 1. The van der Waals surface area contributed by atoms with E-state index in [0.29, 0.717) is 29.9 Å². The number of carbonyl (C=O) groups is 1. The van der Waals surface area contributed by atoms with Crippen LogP contribution in [0.3, 0.4) is 0 Å². The van der Waals surface area contributed by atoms with Crippen molar-refractivity contribution in [2.45, 2.75) is 32.6 Å². The highest BCUT2D eigenvalue weighted by molar-refractivity contribution is 6.04. The molecule has 4 nitrogen and oxygen atoms in total. The van der Waals surface area contributed by atoms with E-state index < -0.39 is 35.1 Å². The van der Waals surface area contributed by atoms with Gasteiger partial charge >= 0.3 is 12.4 Å². The first-order valence-electron chi connectivity index (χ1n) is 8.49. The number of aryl methyl sites for hydroxylation is 2. The summed E-state index contributed by atoms with van der Waals surface area (Å²) in [5.74, 6) is -0.854. The summed E-state index contributed by atoms with van der Waals surface area (Å²) in [6.07, 6.45) is -8.11. The van der Waals surface area contributed by atoms with E-state index in [9.17, 15) is 31.1 Å². The van der Waals surface area contributed by atoms with Gasteiger partial charge in [-0.2, -0.15) is 26.3 Å². The van der Waals surface area contributed by atoms with Crippen molar-refractivity contribution in [2.75, 3.05) is 5.32 Å². The fourth-order valence-corrected chi connectivity index (χ4v) is 2.96. The molecule has 3 rings (SSSR count). The predicted octanol–water partition coefficient (Wildman–Crippen LogP) is 5.50. The Kier molecular flexibility index (Phi) is 5.06. The molecule has 3 aromatic rings. The molecule has 154 valence electrons. The minimum Gasteiger partial charge on any atom is -0.321 e. The van der Waals surface area contributed by atoms with Crippen molar-refractivity contribution < 1.29 is 31.1 Å². The molecule has 0 unspecified atom stereocenters. The van der Waals surface area contributed by atoms with Gasteiger partial charge in [-0.15, -0.1) is 0 Å². The smallest absolute Gasteiger partial charge is 0.321 e. The fourth-order valence-electron chi connectivity index (χ4n) is 2.96. The highest BCUT2D eigenvalue weighted by atomic mass is 19.4. The SMILES string of the molecule is CCc1nc2c(C)cccn2c1C(=O)Nc1cc(C(F)(F)F)cc(C(F)(F)F)c1. The summed E-state index contributed by atoms with van der Waals surface area (Å²) in [6.45, 7) is 3.51. The van der Waals surface area contributed by atoms with E-state index in [1.807, 2.05) is 0 Å². The summed E-state index contributed by atoms with van der Waals surface area (Å²) >= 11 is 0. The van der Waals surface area contributed by atoms with Gasteiger partial charge < -0.3 is 5.32 Å². The molecular formula is C19H15F6N3O. The van der Waals surface area contributed by atoms with Gasteiger partial charge in [-0.05, 0) is 43.2 Å². The zero-order valence-corrected chi connectivity index (χ0v) is 15.2. The zero-order valence-electron chi connectivity index (χ0n) is 15.2. The van der Waals surface area contributed by atoms with Crippen LogP contribution in [0.4, 0.5) is 32.0 Å². The second-order valence-corrected chi connectivity index (χ2v) is 6.39. The minimum atomic E-state index is -5.00. The van der Waals surface area contributed by atoms with Crippen molar-refractivity contribution >= 4 is 17.2 Å². The predicted molar refractivity (Wildman–Crippen MR) is 93.7 cm³/mol. The standard InChI is InChI=1S/C19H15F6N3O/c1-3-14-15(28-6-4-5-10(2)16(28)27-14)17(29)26-13-8-11(18(20,21)22)7-12(9-13)19(23,24)25/h4-9H,3H2,1-2H3,(H,26,29). The van der Waals surface area contributed by atoms with Gasteiger partial charge in [0.25, 0.3) is 5.91 Å². The average Bonchev–Trinajstić information content (AvgIpc) is 3.00. The van der Waals surface area contributed by atoms with E-state index in [1.165, 1.54) is 4.40 Å². The van der Waals surface area contributed by atoms with Crippen molar-refractivity contribution in [3.8, 4) is 0 Å². The number of imidazole rings is 1. The zero-order chi connectivity index (χ0) is 21.6. The van der Waals surface area contributed by atoms with Crippen LogP contribution in [0.2, 0.25) is 0 Å². The molecule has 0 aliphatic rings. The second-order valence-electron chi connectivity index (χ2n) is 6.39. The molecule has 0 saturated heterocycles. The molecule has 0 radical (unpaired) electrons. The van der Waals surface area contributed by atoms with Crippen molar-refractivity contribution in [3.63, 3.8) is 0 Å². The van der Waals surface area contributed by atoms with Gasteiger partial charge in [-0.25, -0.2) is 4.98 Å². The van der Waals surface area contributed by atoms with E-state index in [1.54, 1.807) is 32.2 Å². The highest BCUT2D eigenvalue weighted by Crippen LogP contribution is 2.37. The number of carbonyl (C=O) groups excluding carboxylic acids is 1. The number of fused-ring (bicyclic) bond motifs is 1. The Labute approximate surface area is 161 Å². The van der Waals surface area contributed by atoms with Crippen molar-refractivity contribution in [3.05, 3.63) is 64.6 Å². The normalized spacial score (nSPS) is 12.4. The first-order valence-corrected chi connectivity index (χ1v) is 8.49. The Morgan fingerprint density at radius 1 is 1.07 bits per heavy atom. The highest BCUT2D eigenvalue weighted by Gasteiger charge is 2.37. The third-order valence-corrected chi connectivity index (χ3v) is 4.31. The summed E-state index contributed by atoms with van der Waals surface area (Å²) in [5.41, 5.74) is -1.95. The number of alkyl halides is 6. The van der Waals surface area contributed by atoms with E-state index in [4.69, 9.17) is 0 Å². The summed E-state index contributed by atoms with van der Waals surface area (Å²) in [6, 6.07) is 4.36. The molecule has 0 saturated carbocycles. The molecule has 29 heavy (non-hydrogen) atoms. The molecule has 0 atom stereocenters. The topological polar surface area (TPSA) is 46.4 Å². The first-order chi connectivity index (χ1) is 13.4. The number of benzene rings is 1. The van der Waals surface area contributed by atoms with Crippen LogP contribution in [0, 0.1) is 6.92 Å². The average molecular weight is 415 g/mol. The molecule has 1 aromatic carbocycles. The molecule has 2 heterocycles. The molecule has 0 aliphatic carbocycles. The number of rotatable bonds is 3. The number of hydrogen-bond donors (Lipinski definition) is 1. The Morgan fingerprint density at radius 2 is 1.66 bits per heavy atom. The molecule has 1 N–H and O–H groups in total. The van der Waals surface area contributed by atoms with E-state index in [-0.39, 0.29) is 11.8 Å². The lowest BCUT2D eigenvalue weighted by Gasteiger charge is -2.15. The second kappa shape index (κ2) is 7.09. The number of halogens is 6. The van der Waals surface area contributed by atoms with Crippen LogP contribution in [-0.4, -0.2) is 15.3 Å². The maximum absolute atomic E-state index is 13.0. The quantitative estimate of drug-likeness (QED) is 0.575. The monoisotopic (exact) mass is 415 g/mol. The van der Waals surface area contributed by atoms with Crippen LogP contribution < -0.4 is 5.32 Å². The summed E-state index contributed by atoms with van der Waals surface area (Å²) in [7, 11) is 0. The number of amides is 1. The van der Waals surface area contributed by atoms with Crippen LogP contribution in [0.5, 0.6) is 0 Å². The Morgan fingerprint density at radius 3 is 2.17 bits per heavy atom. The number of pyridine rings is 1. The van der Waals surface area contributed by atoms with Crippen LogP contribution in [0.15, 0.2) is 36.5 Å². The number of nitrogens with zero attached hydrogens (tertiary/aromatic N) is 2. The van der Waals surface area contributed by atoms with E-state index in [0.717, 1.165) is 5.56 Å². The maximum atomic E-state index is 13.0. The van der Waals surface area contributed by atoms with Gasteiger partial charge in [0.1, 0.15) is 11.3 Å². The molecule has 0 spiro atoms. The molecule has 0 aliphatic heterocycles.